The van der Waals surface area contributed by atoms with Crippen LogP contribution in [0.25, 0.3) is 0 Å². The van der Waals surface area contributed by atoms with E-state index in [2.05, 4.69) is 12.1 Å². The van der Waals surface area contributed by atoms with Gasteiger partial charge in [-0.1, -0.05) is 30.3 Å². The second-order valence-electron chi connectivity index (χ2n) is 7.79. The zero-order chi connectivity index (χ0) is 17.4. The van der Waals surface area contributed by atoms with Gasteiger partial charge in [-0.3, -0.25) is 4.79 Å². The van der Waals surface area contributed by atoms with Crippen molar-refractivity contribution in [2.24, 2.45) is 5.41 Å². The van der Waals surface area contributed by atoms with Crippen LogP contribution in [0, 0.1) is 5.41 Å². The summed E-state index contributed by atoms with van der Waals surface area (Å²) < 4.78 is 5.69. The number of aliphatic hydroxyl groups is 1. The van der Waals surface area contributed by atoms with Crippen molar-refractivity contribution < 1.29 is 14.6 Å². The van der Waals surface area contributed by atoms with E-state index in [1.807, 2.05) is 43.9 Å². The van der Waals surface area contributed by atoms with E-state index in [9.17, 15) is 9.90 Å². The van der Waals surface area contributed by atoms with Crippen molar-refractivity contribution in [2.75, 3.05) is 13.2 Å². The van der Waals surface area contributed by atoms with Crippen LogP contribution in [0.3, 0.4) is 0 Å². The summed E-state index contributed by atoms with van der Waals surface area (Å²) in [5.74, 6) is 0.0697. The molecule has 3 rings (SSSR count). The summed E-state index contributed by atoms with van der Waals surface area (Å²) >= 11 is 0. The molecule has 2 bridgehead atoms. The normalized spacial score (nSPS) is 29.2. The molecule has 4 heteroatoms. The fraction of sp³-hybridized carbons (Fsp3) is 0.650. The number of hydrogen-bond donors (Lipinski definition) is 1. The van der Waals surface area contributed by atoms with Gasteiger partial charge in [0, 0.05) is 24.1 Å². The topological polar surface area (TPSA) is 49.8 Å². The predicted molar refractivity (Wildman–Crippen MR) is 93.6 cm³/mol. The first kappa shape index (κ1) is 17.4. The molecule has 0 radical (unpaired) electrons. The lowest BCUT2D eigenvalue weighted by atomic mass is 9.70. The summed E-state index contributed by atoms with van der Waals surface area (Å²) in [4.78, 5) is 15.1. The lowest BCUT2D eigenvalue weighted by Gasteiger charge is -2.37. The van der Waals surface area contributed by atoms with Crippen LogP contribution in [0.4, 0.5) is 0 Å². The Bertz CT molecular complexity index is 586. The molecule has 2 aliphatic rings. The van der Waals surface area contributed by atoms with E-state index in [1.165, 1.54) is 5.56 Å². The zero-order valence-electron chi connectivity index (χ0n) is 15.0. The van der Waals surface area contributed by atoms with Crippen molar-refractivity contribution in [3.05, 3.63) is 35.9 Å². The van der Waals surface area contributed by atoms with Gasteiger partial charge in [0.2, 0.25) is 0 Å². The Kier molecular flexibility index (Phi) is 4.71. The van der Waals surface area contributed by atoms with E-state index in [-0.39, 0.29) is 30.0 Å². The van der Waals surface area contributed by atoms with Gasteiger partial charge in [-0.25, -0.2) is 0 Å². The number of fused-ring (bicyclic) bond motifs is 2. The summed E-state index contributed by atoms with van der Waals surface area (Å²) in [5.41, 5.74) is 0.214. The Morgan fingerprint density at radius 1 is 1.33 bits per heavy atom. The van der Waals surface area contributed by atoms with Gasteiger partial charge in [0.05, 0.1) is 6.61 Å². The molecule has 0 aromatic heterocycles. The molecule has 1 N–H and O–H groups in total. The number of aliphatic hydroxyl groups excluding tert-OH is 1. The van der Waals surface area contributed by atoms with E-state index in [0.717, 1.165) is 25.7 Å². The molecule has 3 atom stereocenters. The number of carbonyl (C=O) groups is 1. The largest absolute Gasteiger partial charge is 0.396 e. The van der Waals surface area contributed by atoms with Gasteiger partial charge in [-0.05, 0) is 52.0 Å². The molecule has 2 saturated heterocycles. The number of ether oxygens (including phenoxy) is 1. The van der Waals surface area contributed by atoms with Crippen molar-refractivity contribution in [2.45, 2.75) is 64.1 Å². The first-order valence-corrected chi connectivity index (χ1v) is 9.05. The minimum absolute atomic E-state index is 0.0697. The lowest BCUT2D eigenvalue weighted by Crippen LogP contribution is -2.51. The van der Waals surface area contributed by atoms with Gasteiger partial charge in [0.15, 0.2) is 0 Å². The maximum Gasteiger partial charge on any atom is 0.254 e. The summed E-state index contributed by atoms with van der Waals surface area (Å²) in [6.45, 7) is 6.28. The third-order valence-electron chi connectivity index (χ3n) is 5.82. The average molecular weight is 331 g/mol. The Morgan fingerprint density at radius 3 is 2.67 bits per heavy atom. The molecule has 1 amide bonds. The summed E-state index contributed by atoms with van der Waals surface area (Å²) in [5, 5.41) is 10.2. The summed E-state index contributed by atoms with van der Waals surface area (Å²) in [6.07, 6.45) is 3.72. The molecule has 2 aliphatic heterocycles. The third-order valence-corrected chi connectivity index (χ3v) is 5.82. The lowest BCUT2D eigenvalue weighted by molar-refractivity contribution is -0.156. The van der Waals surface area contributed by atoms with E-state index in [1.54, 1.807) is 0 Å². The van der Waals surface area contributed by atoms with Crippen molar-refractivity contribution in [1.82, 2.24) is 4.90 Å². The van der Waals surface area contributed by atoms with Crippen LogP contribution in [0.1, 0.15) is 45.6 Å². The monoisotopic (exact) mass is 331 g/mol. The van der Waals surface area contributed by atoms with Crippen LogP contribution in [0.15, 0.2) is 30.3 Å². The highest BCUT2D eigenvalue weighted by Crippen LogP contribution is 2.52. The van der Waals surface area contributed by atoms with Crippen LogP contribution >= 0.6 is 0 Å². The Morgan fingerprint density at radius 2 is 2.04 bits per heavy atom. The fourth-order valence-electron chi connectivity index (χ4n) is 4.75. The molecule has 4 nitrogen and oxygen atoms in total. The van der Waals surface area contributed by atoms with Crippen molar-refractivity contribution in [1.29, 1.82) is 0 Å². The molecular formula is C20H29NO3. The minimum Gasteiger partial charge on any atom is -0.396 e. The van der Waals surface area contributed by atoms with Crippen molar-refractivity contribution >= 4 is 5.91 Å². The van der Waals surface area contributed by atoms with Gasteiger partial charge in [-0.2, -0.15) is 0 Å². The van der Waals surface area contributed by atoms with E-state index < -0.39 is 5.60 Å². The third kappa shape index (κ3) is 2.86. The van der Waals surface area contributed by atoms with E-state index in [4.69, 9.17) is 4.74 Å². The van der Waals surface area contributed by atoms with Crippen molar-refractivity contribution in [3.63, 3.8) is 0 Å². The molecule has 0 unspecified atom stereocenters. The highest BCUT2D eigenvalue weighted by molar-refractivity contribution is 5.85. The molecule has 2 heterocycles. The first-order chi connectivity index (χ1) is 11.4. The Hall–Kier alpha value is -1.39. The molecule has 132 valence electrons. The number of rotatable bonds is 6. The average Bonchev–Trinajstić information content (AvgIpc) is 3.10. The first-order valence-electron chi connectivity index (χ1n) is 9.05. The zero-order valence-corrected chi connectivity index (χ0v) is 15.0. The van der Waals surface area contributed by atoms with Crippen LogP contribution < -0.4 is 0 Å². The quantitative estimate of drug-likeness (QED) is 0.872. The number of hydrogen-bond acceptors (Lipinski definition) is 3. The van der Waals surface area contributed by atoms with E-state index in [0.29, 0.717) is 6.61 Å². The second-order valence-corrected chi connectivity index (χ2v) is 7.79. The molecule has 0 spiro atoms. The molecule has 1 aromatic rings. The van der Waals surface area contributed by atoms with Crippen LogP contribution in [0.5, 0.6) is 0 Å². The maximum absolute atomic E-state index is 13.1. The molecule has 1 aromatic carbocycles. The number of carbonyl (C=O) groups excluding carboxylic acids is 1. The summed E-state index contributed by atoms with van der Waals surface area (Å²) in [7, 11) is 0. The number of amides is 1. The standard InChI is InChI=1S/C20H29NO3/c1-4-24-19(2,3)18(23)21-16-10-11-17(21)20(13-16,14-22)12-15-8-6-5-7-9-15/h5-9,16-17,22H,4,10-14H2,1-3H3/t16-,17+,20-/m0/s1. The molecule has 2 fully saturated rings. The second kappa shape index (κ2) is 6.49. The van der Waals surface area contributed by atoms with E-state index >= 15 is 0 Å². The maximum atomic E-state index is 13.1. The number of benzene rings is 1. The Balaban J connectivity index is 1.84. The molecule has 0 aliphatic carbocycles. The smallest absolute Gasteiger partial charge is 0.254 e. The van der Waals surface area contributed by atoms with Crippen molar-refractivity contribution in [3.8, 4) is 0 Å². The van der Waals surface area contributed by atoms with Gasteiger partial charge < -0.3 is 14.7 Å². The SMILES string of the molecule is CCOC(C)(C)C(=O)N1[C@H]2CC[C@@H]1[C@@](CO)(Cc1ccccc1)C2. The molecule has 24 heavy (non-hydrogen) atoms. The highest BCUT2D eigenvalue weighted by Gasteiger charge is 2.58. The van der Waals surface area contributed by atoms with Crippen LogP contribution in [-0.4, -0.2) is 46.8 Å². The summed E-state index contributed by atoms with van der Waals surface area (Å²) in [6, 6.07) is 10.7. The molecule has 0 saturated carbocycles. The molecular weight excluding hydrogens is 302 g/mol. The van der Waals surface area contributed by atoms with Gasteiger partial charge in [-0.15, -0.1) is 0 Å². The van der Waals surface area contributed by atoms with Crippen LogP contribution in [-0.2, 0) is 16.0 Å². The van der Waals surface area contributed by atoms with Gasteiger partial charge >= 0.3 is 0 Å². The predicted octanol–water partition coefficient (Wildman–Crippen LogP) is 2.79. The minimum atomic E-state index is -0.798. The number of nitrogens with zero attached hydrogens (tertiary/aromatic N) is 1. The van der Waals surface area contributed by atoms with Gasteiger partial charge in [0.25, 0.3) is 5.91 Å². The van der Waals surface area contributed by atoms with Gasteiger partial charge in [0.1, 0.15) is 5.60 Å². The Labute approximate surface area is 144 Å². The highest BCUT2D eigenvalue weighted by atomic mass is 16.5. The van der Waals surface area contributed by atoms with Crippen LogP contribution in [0.2, 0.25) is 0 Å². The fourth-order valence-corrected chi connectivity index (χ4v) is 4.75.